The van der Waals surface area contributed by atoms with Crippen molar-refractivity contribution in [2.45, 2.75) is 60.2 Å². The van der Waals surface area contributed by atoms with Crippen LogP contribution in [-0.2, 0) is 14.3 Å². The zero-order chi connectivity index (χ0) is 23.2. The van der Waals surface area contributed by atoms with Gasteiger partial charge in [-0.05, 0) is 19.1 Å². The number of rotatable bonds is 3. The molecule has 5 N–H and O–H groups in total. The van der Waals surface area contributed by atoms with E-state index in [-0.39, 0.29) is 18.1 Å². The normalized spacial score (nSPS) is 16.4. The van der Waals surface area contributed by atoms with Crippen molar-refractivity contribution in [2.75, 3.05) is 25.1 Å². The maximum absolute atomic E-state index is 10.8. The van der Waals surface area contributed by atoms with E-state index < -0.39 is 12.2 Å². The molecule has 1 fully saturated rings. The average molecular weight is 420 g/mol. The monoisotopic (exact) mass is 419 g/mol. The zero-order valence-electron chi connectivity index (χ0n) is 18.2. The SMILES string of the molecule is CC.CC.CCOc1cc(NC(C)=O)ccc1O.O=CO.OC1COCC(O)C1. The molecule has 1 aliphatic rings. The Morgan fingerprint density at radius 2 is 1.69 bits per heavy atom. The second-order valence-electron chi connectivity index (χ2n) is 4.98. The molecule has 1 aliphatic heterocycles. The number of phenolic OH excluding ortho intramolecular Hbond substituents is 1. The Morgan fingerprint density at radius 3 is 2.03 bits per heavy atom. The number of anilines is 1. The number of carboxylic acid groups (broad SMARTS) is 1. The maximum Gasteiger partial charge on any atom is 0.290 e. The fourth-order valence-corrected chi connectivity index (χ4v) is 1.86. The van der Waals surface area contributed by atoms with Gasteiger partial charge in [0.15, 0.2) is 11.5 Å². The first-order valence-electron chi connectivity index (χ1n) is 9.59. The van der Waals surface area contributed by atoms with Gasteiger partial charge in [0.1, 0.15) is 0 Å². The van der Waals surface area contributed by atoms with Crippen LogP contribution in [0.2, 0.25) is 0 Å². The van der Waals surface area contributed by atoms with Gasteiger partial charge in [-0.1, -0.05) is 27.7 Å². The highest BCUT2D eigenvalue weighted by molar-refractivity contribution is 5.89. The standard InChI is InChI=1S/C10H13NO3.C5H10O3.2C2H6.CH2O2/c1-3-14-10-6-8(11-7(2)12)4-5-9(10)13;6-4-1-5(7)3-8-2-4;2*1-2;2-1-3/h4-6,13H,3H2,1-2H3,(H,11,12);4-7H,1-3H2;2*1-2H3;1H,(H,2,3). The van der Waals surface area contributed by atoms with Crippen LogP contribution in [0.15, 0.2) is 18.2 Å². The van der Waals surface area contributed by atoms with Crippen LogP contribution in [0.5, 0.6) is 11.5 Å². The third-order valence-corrected chi connectivity index (χ3v) is 2.74. The van der Waals surface area contributed by atoms with Crippen molar-refractivity contribution in [3.63, 3.8) is 0 Å². The summed E-state index contributed by atoms with van der Waals surface area (Å²) < 4.78 is 9.95. The van der Waals surface area contributed by atoms with Crippen LogP contribution in [0, 0.1) is 0 Å². The Hall–Kier alpha value is -2.36. The van der Waals surface area contributed by atoms with E-state index in [1.807, 2.05) is 34.6 Å². The number of benzene rings is 1. The summed E-state index contributed by atoms with van der Waals surface area (Å²) in [5.41, 5.74) is 0.610. The van der Waals surface area contributed by atoms with Crippen molar-refractivity contribution >= 4 is 18.1 Å². The highest BCUT2D eigenvalue weighted by Gasteiger charge is 2.17. The molecule has 29 heavy (non-hydrogen) atoms. The Labute approximate surface area is 173 Å². The highest BCUT2D eigenvalue weighted by Crippen LogP contribution is 2.28. The second kappa shape index (κ2) is 21.9. The van der Waals surface area contributed by atoms with Gasteiger partial charge >= 0.3 is 0 Å². The van der Waals surface area contributed by atoms with Crippen LogP contribution in [0.25, 0.3) is 0 Å². The van der Waals surface area contributed by atoms with Crippen LogP contribution in [-0.4, -0.2) is 64.8 Å². The molecule has 0 saturated carbocycles. The third kappa shape index (κ3) is 18.8. The largest absolute Gasteiger partial charge is 0.504 e. The number of nitrogens with one attached hydrogen (secondary N) is 1. The molecule has 2 rings (SSSR count). The number of aromatic hydroxyl groups is 1. The lowest BCUT2D eigenvalue weighted by atomic mass is 10.1. The Morgan fingerprint density at radius 1 is 1.21 bits per heavy atom. The Kier molecular flexibility index (Phi) is 23.7. The zero-order valence-corrected chi connectivity index (χ0v) is 18.2. The highest BCUT2D eigenvalue weighted by atomic mass is 16.5. The van der Waals surface area contributed by atoms with Crippen LogP contribution < -0.4 is 10.1 Å². The summed E-state index contributed by atoms with van der Waals surface area (Å²) in [4.78, 5) is 19.1. The van der Waals surface area contributed by atoms with Crippen molar-refractivity contribution in [3.05, 3.63) is 18.2 Å². The quantitative estimate of drug-likeness (QED) is 0.371. The smallest absolute Gasteiger partial charge is 0.290 e. The molecule has 1 heterocycles. The minimum Gasteiger partial charge on any atom is -0.504 e. The van der Waals surface area contributed by atoms with Gasteiger partial charge in [-0.25, -0.2) is 0 Å². The molecule has 1 aromatic rings. The van der Waals surface area contributed by atoms with E-state index in [1.54, 1.807) is 12.1 Å². The number of phenols is 1. The van der Waals surface area contributed by atoms with Crippen molar-refractivity contribution in [2.24, 2.45) is 0 Å². The number of hydrogen-bond donors (Lipinski definition) is 5. The fourth-order valence-electron chi connectivity index (χ4n) is 1.86. The molecular formula is C20H37NO8. The summed E-state index contributed by atoms with van der Waals surface area (Å²) in [6.45, 7) is 12.2. The molecule has 2 atom stereocenters. The predicted molar refractivity (Wildman–Crippen MR) is 112 cm³/mol. The molecule has 0 aliphatic carbocycles. The van der Waals surface area contributed by atoms with Crippen molar-refractivity contribution < 1.29 is 39.5 Å². The Balaban J connectivity index is -0.000000381. The fraction of sp³-hybridized carbons (Fsp3) is 0.600. The van der Waals surface area contributed by atoms with Crippen molar-refractivity contribution in [1.29, 1.82) is 0 Å². The summed E-state index contributed by atoms with van der Waals surface area (Å²) in [6.07, 6.45) is -0.461. The third-order valence-electron chi connectivity index (χ3n) is 2.74. The van der Waals surface area contributed by atoms with E-state index >= 15 is 0 Å². The summed E-state index contributed by atoms with van der Waals surface area (Å²) in [5, 5.41) is 36.4. The van der Waals surface area contributed by atoms with Gasteiger partial charge in [0, 0.05) is 25.1 Å². The first kappa shape index (κ1) is 31.3. The molecule has 9 nitrogen and oxygen atoms in total. The molecule has 1 amide bonds. The lowest BCUT2D eigenvalue weighted by molar-refractivity contribution is -0.123. The Bertz CT molecular complexity index is 517. The number of carbonyl (C=O) groups excluding carboxylic acids is 1. The van der Waals surface area contributed by atoms with Gasteiger partial charge in [-0.2, -0.15) is 0 Å². The minimum atomic E-state index is -0.459. The van der Waals surface area contributed by atoms with Crippen molar-refractivity contribution in [1.82, 2.24) is 0 Å². The van der Waals surface area contributed by atoms with Crippen LogP contribution in [0.3, 0.4) is 0 Å². The van der Waals surface area contributed by atoms with Crippen LogP contribution >= 0.6 is 0 Å². The molecule has 0 aromatic heterocycles. The van der Waals surface area contributed by atoms with Gasteiger partial charge in [0.25, 0.3) is 6.47 Å². The molecule has 9 heteroatoms. The van der Waals surface area contributed by atoms with E-state index in [2.05, 4.69) is 5.32 Å². The summed E-state index contributed by atoms with van der Waals surface area (Å²) in [7, 11) is 0. The molecule has 170 valence electrons. The van der Waals surface area contributed by atoms with E-state index in [9.17, 15) is 9.90 Å². The number of carbonyl (C=O) groups is 2. The number of ether oxygens (including phenoxy) is 2. The van der Waals surface area contributed by atoms with Crippen LogP contribution in [0.1, 0.15) is 48.0 Å². The van der Waals surface area contributed by atoms with Gasteiger partial charge < -0.3 is 35.2 Å². The molecule has 2 unspecified atom stereocenters. The minimum absolute atomic E-state index is 0.0703. The number of amides is 1. The van der Waals surface area contributed by atoms with E-state index in [1.165, 1.54) is 13.0 Å². The second-order valence-corrected chi connectivity index (χ2v) is 4.98. The first-order valence-corrected chi connectivity index (χ1v) is 9.59. The van der Waals surface area contributed by atoms with E-state index in [0.717, 1.165) is 0 Å². The van der Waals surface area contributed by atoms with E-state index in [4.69, 9.17) is 29.6 Å². The average Bonchev–Trinajstić information content (AvgIpc) is 2.68. The number of hydrogen-bond acceptors (Lipinski definition) is 7. The predicted octanol–water partition coefficient (Wildman–Crippen LogP) is 2.63. The first-order chi connectivity index (χ1) is 13.8. The number of aliphatic hydroxyl groups is 2. The molecule has 0 spiro atoms. The molecule has 1 aromatic carbocycles. The molecule has 0 radical (unpaired) electrons. The summed E-state index contributed by atoms with van der Waals surface area (Å²) >= 11 is 0. The molecule has 0 bridgehead atoms. The number of aliphatic hydroxyl groups excluding tert-OH is 2. The van der Waals surface area contributed by atoms with Crippen molar-refractivity contribution in [3.8, 4) is 11.5 Å². The summed E-state index contributed by atoms with van der Waals surface area (Å²) in [6, 6.07) is 4.68. The lowest BCUT2D eigenvalue weighted by Crippen LogP contribution is -2.32. The topological polar surface area (TPSA) is 146 Å². The summed E-state index contributed by atoms with van der Waals surface area (Å²) in [5.74, 6) is 0.290. The van der Waals surface area contributed by atoms with Crippen LogP contribution in [0.4, 0.5) is 5.69 Å². The molecular weight excluding hydrogens is 382 g/mol. The maximum atomic E-state index is 10.8. The lowest BCUT2D eigenvalue weighted by Gasteiger charge is -2.21. The molecule has 1 saturated heterocycles. The van der Waals surface area contributed by atoms with Gasteiger partial charge in [-0.3, -0.25) is 9.59 Å². The van der Waals surface area contributed by atoms with Gasteiger partial charge in [0.05, 0.1) is 32.0 Å². The van der Waals surface area contributed by atoms with Gasteiger partial charge in [-0.15, -0.1) is 0 Å². The van der Waals surface area contributed by atoms with E-state index in [0.29, 0.717) is 37.7 Å². The van der Waals surface area contributed by atoms with Gasteiger partial charge in [0.2, 0.25) is 5.91 Å².